The summed E-state index contributed by atoms with van der Waals surface area (Å²) in [6.45, 7) is 2.10. The molecule has 1 atom stereocenters. The SMILES string of the molecule is CC(O)c1cc(Cl)ccc1OCc1cnn(C)c1. The number of aryl methyl sites for hydroxylation is 1. The lowest BCUT2D eigenvalue weighted by atomic mass is 10.1. The third-order valence-corrected chi connectivity index (χ3v) is 2.81. The van der Waals surface area contributed by atoms with Crippen LogP contribution in [-0.4, -0.2) is 14.9 Å². The number of hydrogen-bond acceptors (Lipinski definition) is 3. The van der Waals surface area contributed by atoms with Crippen molar-refractivity contribution in [2.24, 2.45) is 7.05 Å². The Kier molecular flexibility index (Phi) is 3.89. The van der Waals surface area contributed by atoms with Gasteiger partial charge < -0.3 is 9.84 Å². The highest BCUT2D eigenvalue weighted by molar-refractivity contribution is 6.30. The van der Waals surface area contributed by atoms with E-state index in [1.54, 1.807) is 36.0 Å². The molecule has 0 aliphatic heterocycles. The van der Waals surface area contributed by atoms with Gasteiger partial charge in [0.1, 0.15) is 12.4 Å². The van der Waals surface area contributed by atoms with Gasteiger partial charge in [-0.25, -0.2) is 0 Å². The summed E-state index contributed by atoms with van der Waals surface area (Å²) >= 11 is 5.90. The van der Waals surface area contributed by atoms with Gasteiger partial charge in [-0.2, -0.15) is 5.10 Å². The Labute approximate surface area is 111 Å². The molecule has 1 aromatic carbocycles. The molecule has 1 N–H and O–H groups in total. The van der Waals surface area contributed by atoms with Gasteiger partial charge in [-0.3, -0.25) is 4.68 Å². The first-order valence-electron chi connectivity index (χ1n) is 5.64. The van der Waals surface area contributed by atoms with Gasteiger partial charge >= 0.3 is 0 Å². The Morgan fingerprint density at radius 1 is 1.50 bits per heavy atom. The maximum Gasteiger partial charge on any atom is 0.125 e. The van der Waals surface area contributed by atoms with Crippen LogP contribution in [0.4, 0.5) is 0 Å². The zero-order valence-electron chi connectivity index (χ0n) is 10.3. The average molecular weight is 267 g/mol. The third kappa shape index (κ3) is 3.03. The number of benzene rings is 1. The van der Waals surface area contributed by atoms with E-state index in [0.29, 0.717) is 22.9 Å². The maximum absolute atomic E-state index is 9.68. The van der Waals surface area contributed by atoms with Gasteiger partial charge in [0.25, 0.3) is 0 Å². The molecule has 2 rings (SSSR count). The highest BCUT2D eigenvalue weighted by Gasteiger charge is 2.10. The van der Waals surface area contributed by atoms with Crippen LogP contribution in [0.5, 0.6) is 5.75 Å². The molecule has 0 saturated carbocycles. The summed E-state index contributed by atoms with van der Waals surface area (Å²) in [7, 11) is 1.85. The number of hydrogen-bond donors (Lipinski definition) is 1. The van der Waals surface area contributed by atoms with E-state index >= 15 is 0 Å². The van der Waals surface area contributed by atoms with Crippen LogP contribution in [0.25, 0.3) is 0 Å². The van der Waals surface area contributed by atoms with Gasteiger partial charge in [-0.15, -0.1) is 0 Å². The summed E-state index contributed by atoms with van der Waals surface area (Å²) in [6, 6.07) is 5.22. The first-order valence-corrected chi connectivity index (χ1v) is 6.02. The van der Waals surface area contributed by atoms with E-state index in [0.717, 1.165) is 5.56 Å². The van der Waals surface area contributed by atoms with E-state index < -0.39 is 6.10 Å². The van der Waals surface area contributed by atoms with Crippen molar-refractivity contribution in [2.75, 3.05) is 0 Å². The zero-order chi connectivity index (χ0) is 13.1. The Hall–Kier alpha value is -1.52. The van der Waals surface area contributed by atoms with Gasteiger partial charge in [0.2, 0.25) is 0 Å². The minimum Gasteiger partial charge on any atom is -0.488 e. The standard InChI is InChI=1S/C13H15ClN2O2/c1-9(17)12-5-11(14)3-4-13(12)18-8-10-6-15-16(2)7-10/h3-7,9,17H,8H2,1-2H3. The Bertz CT molecular complexity index is 538. The lowest BCUT2D eigenvalue weighted by Crippen LogP contribution is -2.00. The summed E-state index contributed by atoms with van der Waals surface area (Å²) in [5.74, 6) is 0.637. The summed E-state index contributed by atoms with van der Waals surface area (Å²) < 4.78 is 7.40. The van der Waals surface area contributed by atoms with Gasteiger partial charge in [-0.05, 0) is 25.1 Å². The molecule has 0 radical (unpaired) electrons. The number of ether oxygens (including phenoxy) is 1. The van der Waals surface area contributed by atoms with Crippen LogP contribution in [0, 0.1) is 0 Å². The van der Waals surface area contributed by atoms with E-state index in [4.69, 9.17) is 16.3 Å². The summed E-state index contributed by atoms with van der Waals surface area (Å²) in [6.07, 6.45) is 3.02. The fourth-order valence-electron chi connectivity index (χ4n) is 1.68. The van der Waals surface area contributed by atoms with Gasteiger partial charge in [-0.1, -0.05) is 11.6 Å². The van der Waals surface area contributed by atoms with Crippen LogP contribution in [0.15, 0.2) is 30.6 Å². The molecule has 0 fully saturated rings. The number of halogens is 1. The van der Waals surface area contributed by atoms with E-state index in [1.807, 2.05) is 13.2 Å². The number of rotatable bonds is 4. The van der Waals surface area contributed by atoms with Crippen LogP contribution in [-0.2, 0) is 13.7 Å². The third-order valence-electron chi connectivity index (χ3n) is 2.57. The van der Waals surface area contributed by atoms with E-state index in [9.17, 15) is 5.11 Å². The summed E-state index contributed by atoms with van der Waals surface area (Å²) in [5, 5.41) is 14.3. The fraction of sp³-hybridized carbons (Fsp3) is 0.308. The molecule has 0 aliphatic rings. The quantitative estimate of drug-likeness (QED) is 0.926. The van der Waals surface area contributed by atoms with Crippen molar-refractivity contribution in [3.63, 3.8) is 0 Å². The molecule has 4 nitrogen and oxygen atoms in total. The second-order valence-corrected chi connectivity index (χ2v) is 4.61. The predicted octanol–water partition coefficient (Wildman–Crippen LogP) is 2.71. The van der Waals surface area contributed by atoms with E-state index in [1.165, 1.54) is 0 Å². The highest BCUT2D eigenvalue weighted by Crippen LogP contribution is 2.28. The van der Waals surface area contributed by atoms with Crippen LogP contribution < -0.4 is 4.74 Å². The van der Waals surface area contributed by atoms with Crippen LogP contribution in [0.3, 0.4) is 0 Å². The lowest BCUT2D eigenvalue weighted by molar-refractivity contribution is 0.190. The summed E-state index contributed by atoms with van der Waals surface area (Å²) in [5.41, 5.74) is 1.66. The van der Waals surface area contributed by atoms with Crippen LogP contribution in [0.2, 0.25) is 5.02 Å². The molecule has 0 bridgehead atoms. The monoisotopic (exact) mass is 266 g/mol. The van der Waals surface area contributed by atoms with E-state index in [2.05, 4.69) is 5.10 Å². The molecule has 96 valence electrons. The smallest absolute Gasteiger partial charge is 0.125 e. The summed E-state index contributed by atoms with van der Waals surface area (Å²) in [4.78, 5) is 0. The lowest BCUT2D eigenvalue weighted by Gasteiger charge is -2.13. The number of aliphatic hydroxyl groups is 1. The Morgan fingerprint density at radius 2 is 2.28 bits per heavy atom. The molecule has 1 unspecified atom stereocenters. The molecular formula is C13H15ClN2O2. The second kappa shape index (κ2) is 5.42. The molecular weight excluding hydrogens is 252 g/mol. The molecule has 0 amide bonds. The van der Waals surface area contributed by atoms with Crippen molar-refractivity contribution < 1.29 is 9.84 Å². The highest BCUT2D eigenvalue weighted by atomic mass is 35.5. The van der Waals surface area contributed by atoms with Gasteiger partial charge in [0, 0.05) is 29.4 Å². The van der Waals surface area contributed by atoms with Gasteiger partial charge in [0.05, 0.1) is 12.3 Å². The maximum atomic E-state index is 9.68. The van der Waals surface area contributed by atoms with Gasteiger partial charge in [0.15, 0.2) is 0 Å². The number of aliphatic hydroxyl groups excluding tert-OH is 1. The second-order valence-electron chi connectivity index (χ2n) is 4.17. The molecule has 1 heterocycles. The van der Waals surface area contributed by atoms with Crippen molar-refractivity contribution in [1.29, 1.82) is 0 Å². The Morgan fingerprint density at radius 3 is 2.89 bits per heavy atom. The minimum atomic E-state index is -0.618. The number of nitrogens with zero attached hydrogens (tertiary/aromatic N) is 2. The normalized spacial score (nSPS) is 12.4. The van der Waals surface area contributed by atoms with Crippen molar-refractivity contribution in [1.82, 2.24) is 9.78 Å². The first-order chi connectivity index (χ1) is 8.56. The predicted molar refractivity (Wildman–Crippen MR) is 69.6 cm³/mol. The van der Waals surface area contributed by atoms with Crippen molar-refractivity contribution >= 4 is 11.6 Å². The van der Waals surface area contributed by atoms with Crippen molar-refractivity contribution in [3.05, 3.63) is 46.7 Å². The topological polar surface area (TPSA) is 47.3 Å². The zero-order valence-corrected chi connectivity index (χ0v) is 11.1. The molecule has 0 saturated heterocycles. The molecule has 0 aliphatic carbocycles. The fourth-order valence-corrected chi connectivity index (χ4v) is 1.87. The largest absolute Gasteiger partial charge is 0.488 e. The molecule has 18 heavy (non-hydrogen) atoms. The van der Waals surface area contributed by atoms with Crippen molar-refractivity contribution in [2.45, 2.75) is 19.6 Å². The molecule has 2 aromatic rings. The average Bonchev–Trinajstić information content (AvgIpc) is 2.73. The van der Waals surface area contributed by atoms with Crippen LogP contribution >= 0.6 is 11.6 Å². The van der Waals surface area contributed by atoms with Crippen LogP contribution in [0.1, 0.15) is 24.2 Å². The molecule has 5 heteroatoms. The molecule has 0 spiro atoms. The number of aromatic nitrogens is 2. The minimum absolute atomic E-state index is 0.412. The van der Waals surface area contributed by atoms with E-state index in [-0.39, 0.29) is 0 Å². The Balaban J connectivity index is 2.13. The van der Waals surface area contributed by atoms with Crippen molar-refractivity contribution in [3.8, 4) is 5.75 Å². The molecule has 1 aromatic heterocycles. The first kappa shape index (κ1) is 12.9.